The number of hydrogen-bond donors (Lipinski definition) is 2. The van der Waals surface area contributed by atoms with Gasteiger partial charge in [0.2, 0.25) is 11.8 Å². The number of alkyl halides is 1. The van der Waals surface area contributed by atoms with E-state index in [9.17, 15) is 9.59 Å². The van der Waals surface area contributed by atoms with Crippen LogP contribution in [0.15, 0.2) is 12.1 Å². The molecular weight excluding hydrogens is 307 g/mol. The summed E-state index contributed by atoms with van der Waals surface area (Å²) < 4.78 is 0. The topological polar surface area (TPSA) is 58.2 Å². The second kappa shape index (κ2) is 4.66. The van der Waals surface area contributed by atoms with E-state index >= 15 is 0 Å². The van der Waals surface area contributed by atoms with Gasteiger partial charge in [-0.2, -0.15) is 0 Å². The molecule has 1 aliphatic heterocycles. The lowest BCUT2D eigenvalue weighted by atomic mass is 10.1. The van der Waals surface area contributed by atoms with Gasteiger partial charge in [-0.25, -0.2) is 0 Å². The zero-order valence-corrected chi connectivity index (χ0v) is 11.4. The van der Waals surface area contributed by atoms with Crippen LogP contribution in [0.3, 0.4) is 0 Å². The van der Waals surface area contributed by atoms with Crippen LogP contribution in [0.4, 0.5) is 11.4 Å². The van der Waals surface area contributed by atoms with E-state index in [1.54, 1.807) is 19.1 Å². The molecule has 2 N–H and O–H groups in total. The normalized spacial score (nSPS) is 15.1. The number of carbonyl (C=O) groups excluding carboxylic acids is 2. The molecule has 0 bridgehead atoms. The number of anilines is 2. The molecule has 0 radical (unpaired) electrons. The zero-order valence-electron chi connectivity index (χ0n) is 9.01. The van der Waals surface area contributed by atoms with Crippen molar-refractivity contribution in [1.29, 1.82) is 0 Å². The molecule has 4 nitrogen and oxygen atoms in total. The van der Waals surface area contributed by atoms with Crippen molar-refractivity contribution < 1.29 is 9.59 Å². The molecule has 0 aliphatic carbocycles. The number of rotatable bonds is 2. The Morgan fingerprint density at radius 3 is 2.94 bits per heavy atom. The van der Waals surface area contributed by atoms with E-state index in [0.717, 1.165) is 5.56 Å². The van der Waals surface area contributed by atoms with Crippen LogP contribution >= 0.6 is 27.5 Å². The lowest BCUT2D eigenvalue weighted by molar-refractivity contribution is -0.116. The minimum atomic E-state index is -0.299. The Morgan fingerprint density at radius 2 is 2.29 bits per heavy atom. The highest BCUT2D eigenvalue weighted by molar-refractivity contribution is 9.10. The van der Waals surface area contributed by atoms with Crippen molar-refractivity contribution in [2.24, 2.45) is 0 Å². The smallest absolute Gasteiger partial charge is 0.237 e. The van der Waals surface area contributed by atoms with Crippen LogP contribution in [0, 0.1) is 0 Å². The van der Waals surface area contributed by atoms with E-state index in [4.69, 9.17) is 11.6 Å². The number of halogens is 2. The van der Waals surface area contributed by atoms with Gasteiger partial charge in [-0.05, 0) is 24.6 Å². The SMILES string of the molecule is CC(Br)C(=O)Nc1cc2c(cc1Cl)NC(=O)C2. The predicted octanol–water partition coefficient (Wildman–Crippen LogP) is 2.56. The third kappa shape index (κ3) is 2.61. The fourth-order valence-electron chi connectivity index (χ4n) is 1.58. The van der Waals surface area contributed by atoms with E-state index < -0.39 is 0 Å². The number of benzene rings is 1. The number of nitrogens with one attached hydrogen (secondary N) is 2. The van der Waals surface area contributed by atoms with Crippen molar-refractivity contribution in [2.75, 3.05) is 10.6 Å². The second-order valence-electron chi connectivity index (χ2n) is 3.82. The summed E-state index contributed by atoms with van der Waals surface area (Å²) in [7, 11) is 0. The minimum absolute atomic E-state index is 0.0617. The summed E-state index contributed by atoms with van der Waals surface area (Å²) in [6.07, 6.45) is 0.319. The number of fused-ring (bicyclic) bond motifs is 1. The molecule has 0 saturated carbocycles. The van der Waals surface area contributed by atoms with Crippen LogP contribution in [0.25, 0.3) is 0 Å². The molecule has 1 aliphatic rings. The highest BCUT2D eigenvalue weighted by atomic mass is 79.9. The molecule has 0 spiro atoms. The average molecular weight is 318 g/mol. The first-order chi connectivity index (χ1) is 7.97. The van der Waals surface area contributed by atoms with Crippen molar-refractivity contribution in [3.63, 3.8) is 0 Å². The van der Waals surface area contributed by atoms with E-state index in [0.29, 0.717) is 22.8 Å². The molecular formula is C11H10BrClN2O2. The van der Waals surface area contributed by atoms with Gasteiger partial charge in [0.25, 0.3) is 0 Å². The molecule has 1 atom stereocenters. The average Bonchev–Trinajstić information content (AvgIpc) is 2.57. The van der Waals surface area contributed by atoms with Crippen molar-refractivity contribution in [3.05, 3.63) is 22.7 Å². The quantitative estimate of drug-likeness (QED) is 0.824. The number of hydrogen-bond acceptors (Lipinski definition) is 2. The Labute approximate surface area is 112 Å². The van der Waals surface area contributed by atoms with Crippen LogP contribution in [-0.4, -0.2) is 16.6 Å². The molecule has 6 heteroatoms. The van der Waals surface area contributed by atoms with Crippen molar-refractivity contribution in [3.8, 4) is 0 Å². The molecule has 90 valence electrons. The van der Waals surface area contributed by atoms with Gasteiger partial charge < -0.3 is 10.6 Å². The van der Waals surface area contributed by atoms with Crippen LogP contribution in [0.1, 0.15) is 12.5 Å². The van der Waals surface area contributed by atoms with Gasteiger partial charge >= 0.3 is 0 Å². The van der Waals surface area contributed by atoms with Crippen LogP contribution in [0.5, 0.6) is 0 Å². The third-order valence-electron chi connectivity index (χ3n) is 2.44. The van der Waals surface area contributed by atoms with E-state index in [-0.39, 0.29) is 16.6 Å². The van der Waals surface area contributed by atoms with Crippen LogP contribution in [0.2, 0.25) is 5.02 Å². The largest absolute Gasteiger partial charge is 0.325 e. The molecule has 0 fully saturated rings. The van der Waals surface area contributed by atoms with Crippen molar-refractivity contribution in [1.82, 2.24) is 0 Å². The first-order valence-electron chi connectivity index (χ1n) is 5.04. The van der Waals surface area contributed by atoms with Gasteiger partial charge in [0.1, 0.15) is 0 Å². The van der Waals surface area contributed by atoms with Gasteiger partial charge in [0, 0.05) is 5.69 Å². The van der Waals surface area contributed by atoms with E-state index in [1.165, 1.54) is 0 Å². The first-order valence-corrected chi connectivity index (χ1v) is 6.34. The second-order valence-corrected chi connectivity index (χ2v) is 5.60. The fraction of sp³-hybridized carbons (Fsp3) is 0.273. The lowest BCUT2D eigenvalue weighted by Crippen LogP contribution is -2.20. The Balaban J connectivity index is 2.28. The van der Waals surface area contributed by atoms with Gasteiger partial charge in [0.05, 0.1) is 22.0 Å². The van der Waals surface area contributed by atoms with Crippen LogP contribution in [-0.2, 0) is 16.0 Å². The van der Waals surface area contributed by atoms with Crippen molar-refractivity contribution in [2.45, 2.75) is 18.2 Å². The molecule has 17 heavy (non-hydrogen) atoms. The number of amides is 2. The standard InChI is InChI=1S/C11H10BrClN2O2/c1-5(12)11(17)15-9-2-6-3-10(16)14-8(6)4-7(9)13/h2,4-5H,3H2,1H3,(H,14,16)(H,15,17). The summed E-state index contributed by atoms with van der Waals surface area (Å²) in [5, 5.41) is 5.80. The van der Waals surface area contributed by atoms with Gasteiger partial charge in [-0.1, -0.05) is 27.5 Å². The third-order valence-corrected chi connectivity index (χ3v) is 3.17. The van der Waals surface area contributed by atoms with Crippen LogP contribution < -0.4 is 10.6 Å². The summed E-state index contributed by atoms with van der Waals surface area (Å²) in [6.45, 7) is 1.72. The van der Waals surface area contributed by atoms with E-state index in [1.807, 2.05) is 0 Å². The highest BCUT2D eigenvalue weighted by Gasteiger charge is 2.20. The molecule has 1 aromatic carbocycles. The monoisotopic (exact) mass is 316 g/mol. The maximum Gasteiger partial charge on any atom is 0.237 e. The lowest BCUT2D eigenvalue weighted by Gasteiger charge is -2.10. The first kappa shape index (κ1) is 12.4. The van der Waals surface area contributed by atoms with Gasteiger partial charge in [-0.3, -0.25) is 9.59 Å². The predicted molar refractivity (Wildman–Crippen MR) is 70.8 cm³/mol. The minimum Gasteiger partial charge on any atom is -0.325 e. The van der Waals surface area contributed by atoms with E-state index in [2.05, 4.69) is 26.6 Å². The maximum absolute atomic E-state index is 11.5. The Bertz CT molecular complexity index is 502. The Hall–Kier alpha value is -1.07. The molecule has 1 heterocycles. The zero-order chi connectivity index (χ0) is 12.6. The number of carbonyl (C=O) groups is 2. The highest BCUT2D eigenvalue weighted by Crippen LogP contribution is 2.32. The molecule has 0 aromatic heterocycles. The molecule has 2 amide bonds. The maximum atomic E-state index is 11.5. The van der Waals surface area contributed by atoms with Gasteiger partial charge in [0.15, 0.2) is 0 Å². The Kier molecular flexibility index (Phi) is 3.40. The molecule has 0 saturated heterocycles. The molecule has 2 rings (SSSR count). The van der Waals surface area contributed by atoms with Crippen molar-refractivity contribution >= 4 is 50.7 Å². The Morgan fingerprint density at radius 1 is 1.59 bits per heavy atom. The summed E-state index contributed by atoms with van der Waals surface area (Å²) in [5.41, 5.74) is 2.08. The summed E-state index contributed by atoms with van der Waals surface area (Å²) >= 11 is 9.20. The fourth-order valence-corrected chi connectivity index (χ4v) is 1.90. The summed E-state index contributed by atoms with van der Waals surface area (Å²) in [5.74, 6) is -0.238. The summed E-state index contributed by atoms with van der Waals surface area (Å²) in [6, 6.07) is 3.37. The molecule has 1 unspecified atom stereocenters. The summed E-state index contributed by atoms with van der Waals surface area (Å²) in [4.78, 5) is 22.4. The molecule has 1 aromatic rings. The van der Waals surface area contributed by atoms with Gasteiger partial charge in [-0.15, -0.1) is 0 Å².